The number of carboxylic acids is 1. The molecule has 8 heteroatoms. The van der Waals surface area contributed by atoms with E-state index in [0.717, 1.165) is 11.3 Å². The van der Waals surface area contributed by atoms with E-state index in [1.165, 1.54) is 0 Å². The monoisotopic (exact) mass is 292 g/mol. The van der Waals surface area contributed by atoms with Crippen molar-refractivity contribution < 1.29 is 14.4 Å². The average molecular weight is 293 g/mol. The molecule has 2 aromatic heterocycles. The molecule has 17 heavy (non-hydrogen) atoms. The van der Waals surface area contributed by atoms with Gasteiger partial charge in [-0.25, -0.2) is 9.78 Å². The third-order valence-electron chi connectivity index (χ3n) is 2.07. The SMILES string of the molecule is CCc1onc(-c2sc(Cl)nc2Cl)c1C(=O)O. The summed E-state index contributed by atoms with van der Waals surface area (Å²) in [6.45, 7) is 1.78. The predicted octanol–water partition coefficient (Wildman–Crippen LogP) is 3.37. The van der Waals surface area contributed by atoms with E-state index in [2.05, 4.69) is 10.1 Å². The molecule has 0 spiro atoms. The number of carboxylic acid groups (broad SMARTS) is 1. The van der Waals surface area contributed by atoms with Gasteiger partial charge in [0.05, 0.1) is 4.88 Å². The van der Waals surface area contributed by atoms with Crippen molar-refractivity contribution in [1.29, 1.82) is 0 Å². The lowest BCUT2D eigenvalue weighted by Gasteiger charge is -1.94. The number of halogens is 2. The Morgan fingerprint density at radius 2 is 2.24 bits per heavy atom. The van der Waals surface area contributed by atoms with Crippen molar-refractivity contribution in [2.45, 2.75) is 13.3 Å². The van der Waals surface area contributed by atoms with Crippen molar-refractivity contribution in [3.05, 3.63) is 20.9 Å². The fraction of sp³-hybridized carbons (Fsp3) is 0.222. The second-order valence-electron chi connectivity index (χ2n) is 3.07. The maximum Gasteiger partial charge on any atom is 0.341 e. The van der Waals surface area contributed by atoms with Crippen molar-refractivity contribution in [1.82, 2.24) is 10.1 Å². The van der Waals surface area contributed by atoms with E-state index in [4.69, 9.17) is 32.8 Å². The summed E-state index contributed by atoms with van der Waals surface area (Å²) in [4.78, 5) is 15.4. The van der Waals surface area contributed by atoms with E-state index in [1.807, 2.05) is 0 Å². The Kier molecular flexibility index (Phi) is 3.37. The summed E-state index contributed by atoms with van der Waals surface area (Å²) in [5.41, 5.74) is 0.179. The smallest absolute Gasteiger partial charge is 0.341 e. The highest BCUT2D eigenvalue weighted by molar-refractivity contribution is 7.19. The third-order valence-corrected chi connectivity index (χ3v) is 3.62. The molecule has 1 N–H and O–H groups in total. The van der Waals surface area contributed by atoms with E-state index in [9.17, 15) is 4.79 Å². The van der Waals surface area contributed by atoms with E-state index < -0.39 is 5.97 Å². The Hall–Kier alpha value is -1.11. The molecule has 0 aliphatic rings. The Morgan fingerprint density at radius 3 is 2.71 bits per heavy atom. The highest BCUT2D eigenvalue weighted by atomic mass is 35.5. The molecule has 0 aliphatic carbocycles. The van der Waals surface area contributed by atoms with E-state index >= 15 is 0 Å². The zero-order chi connectivity index (χ0) is 12.6. The van der Waals surface area contributed by atoms with Crippen LogP contribution in [0.15, 0.2) is 4.52 Å². The molecular weight excluding hydrogens is 287 g/mol. The number of rotatable bonds is 3. The van der Waals surface area contributed by atoms with Crippen LogP contribution >= 0.6 is 34.5 Å². The first-order chi connectivity index (χ1) is 8.04. The maximum absolute atomic E-state index is 11.2. The highest BCUT2D eigenvalue weighted by Crippen LogP contribution is 2.37. The van der Waals surface area contributed by atoms with Crippen molar-refractivity contribution in [3.8, 4) is 10.6 Å². The van der Waals surface area contributed by atoms with Crippen molar-refractivity contribution in [2.75, 3.05) is 0 Å². The molecule has 2 aromatic rings. The molecule has 0 atom stereocenters. The minimum absolute atomic E-state index is 0.00900. The summed E-state index contributed by atoms with van der Waals surface area (Å²) in [6.07, 6.45) is 0.429. The summed E-state index contributed by atoms with van der Waals surface area (Å²) in [7, 11) is 0. The normalized spacial score (nSPS) is 10.8. The van der Waals surface area contributed by atoms with Gasteiger partial charge in [0, 0.05) is 6.42 Å². The van der Waals surface area contributed by atoms with Gasteiger partial charge in [0.2, 0.25) is 0 Å². The first-order valence-electron chi connectivity index (χ1n) is 4.58. The summed E-state index contributed by atoms with van der Waals surface area (Å²) in [5, 5.41) is 13.0. The summed E-state index contributed by atoms with van der Waals surface area (Å²) >= 11 is 12.6. The van der Waals surface area contributed by atoms with Crippen LogP contribution in [0, 0.1) is 0 Å². The lowest BCUT2D eigenvalue weighted by atomic mass is 10.1. The molecule has 0 saturated heterocycles. The van der Waals surface area contributed by atoms with Gasteiger partial charge in [0.15, 0.2) is 15.4 Å². The second-order valence-corrected chi connectivity index (χ2v) is 5.01. The number of thiazole rings is 1. The minimum Gasteiger partial charge on any atom is -0.477 e. The van der Waals surface area contributed by atoms with E-state index in [0.29, 0.717) is 17.1 Å². The van der Waals surface area contributed by atoms with Gasteiger partial charge in [0.1, 0.15) is 11.3 Å². The molecule has 0 amide bonds. The second kappa shape index (κ2) is 4.64. The van der Waals surface area contributed by atoms with Crippen LogP contribution in [0.25, 0.3) is 10.6 Å². The summed E-state index contributed by atoms with van der Waals surface area (Å²) < 4.78 is 5.20. The maximum atomic E-state index is 11.2. The van der Waals surface area contributed by atoms with Gasteiger partial charge in [-0.3, -0.25) is 0 Å². The number of aromatic carboxylic acids is 1. The number of aryl methyl sites for hydroxylation is 1. The van der Waals surface area contributed by atoms with Gasteiger partial charge < -0.3 is 9.63 Å². The van der Waals surface area contributed by atoms with Crippen LogP contribution in [0.5, 0.6) is 0 Å². The van der Waals surface area contributed by atoms with Gasteiger partial charge >= 0.3 is 5.97 Å². The van der Waals surface area contributed by atoms with Gasteiger partial charge in [0.25, 0.3) is 0 Å². The number of carbonyl (C=O) groups is 1. The van der Waals surface area contributed by atoms with Gasteiger partial charge in [-0.05, 0) is 0 Å². The molecule has 2 rings (SSSR count). The average Bonchev–Trinajstić information content (AvgIpc) is 2.80. The zero-order valence-electron chi connectivity index (χ0n) is 8.53. The zero-order valence-corrected chi connectivity index (χ0v) is 10.9. The first kappa shape index (κ1) is 12.3. The first-order valence-corrected chi connectivity index (χ1v) is 6.15. The quantitative estimate of drug-likeness (QED) is 0.938. The standard InChI is InChI=1S/C9H6Cl2N2O3S/c1-2-3-4(8(14)15)5(13-16-3)6-7(10)12-9(11)17-6/h2H2,1H3,(H,14,15). The molecule has 0 fully saturated rings. The van der Waals surface area contributed by atoms with Crippen LogP contribution in [0.3, 0.4) is 0 Å². The molecule has 90 valence electrons. The molecule has 0 radical (unpaired) electrons. The third kappa shape index (κ3) is 2.15. The summed E-state index contributed by atoms with van der Waals surface area (Å²) in [5.74, 6) is -0.813. The number of aromatic nitrogens is 2. The van der Waals surface area contributed by atoms with Crippen LogP contribution in [0.1, 0.15) is 23.0 Å². The number of nitrogens with zero attached hydrogens (tertiary/aromatic N) is 2. The molecule has 0 bridgehead atoms. The fourth-order valence-electron chi connectivity index (χ4n) is 1.36. The molecule has 0 aromatic carbocycles. The minimum atomic E-state index is -1.11. The van der Waals surface area contributed by atoms with Crippen molar-refractivity contribution in [2.24, 2.45) is 0 Å². The van der Waals surface area contributed by atoms with Crippen LogP contribution in [-0.2, 0) is 6.42 Å². The molecule has 0 unspecified atom stereocenters. The lowest BCUT2D eigenvalue weighted by molar-refractivity contribution is 0.0695. The van der Waals surface area contributed by atoms with E-state index in [1.54, 1.807) is 6.92 Å². The molecule has 2 heterocycles. The topological polar surface area (TPSA) is 76.2 Å². The predicted molar refractivity (Wildman–Crippen MR) is 64.0 cm³/mol. The number of hydrogen-bond donors (Lipinski definition) is 1. The molecular formula is C9H6Cl2N2O3S. The van der Waals surface area contributed by atoms with Gasteiger partial charge in [-0.1, -0.05) is 46.6 Å². The molecule has 5 nitrogen and oxygen atoms in total. The van der Waals surface area contributed by atoms with Gasteiger partial charge in [-0.2, -0.15) is 0 Å². The Labute approximate surface area is 110 Å². The number of hydrogen-bond acceptors (Lipinski definition) is 5. The Morgan fingerprint density at radius 1 is 1.53 bits per heavy atom. The van der Waals surface area contributed by atoms with Crippen LogP contribution in [-0.4, -0.2) is 21.2 Å². The lowest BCUT2D eigenvalue weighted by Crippen LogP contribution is -2.00. The molecule has 0 saturated carbocycles. The molecule has 0 aliphatic heterocycles. The van der Waals surface area contributed by atoms with E-state index in [-0.39, 0.29) is 20.9 Å². The Balaban J connectivity index is 2.63. The van der Waals surface area contributed by atoms with Gasteiger partial charge in [-0.15, -0.1) is 0 Å². The fourth-order valence-corrected chi connectivity index (χ4v) is 2.73. The van der Waals surface area contributed by atoms with Crippen LogP contribution in [0.2, 0.25) is 9.62 Å². The van der Waals surface area contributed by atoms with Crippen LogP contribution in [0.4, 0.5) is 0 Å². The van der Waals surface area contributed by atoms with Crippen LogP contribution < -0.4 is 0 Å². The van der Waals surface area contributed by atoms with Crippen molar-refractivity contribution in [3.63, 3.8) is 0 Å². The summed E-state index contributed by atoms with van der Waals surface area (Å²) in [6, 6.07) is 0. The van der Waals surface area contributed by atoms with Crippen molar-refractivity contribution >= 4 is 40.5 Å². The largest absolute Gasteiger partial charge is 0.477 e. The Bertz CT molecular complexity index is 579. The highest BCUT2D eigenvalue weighted by Gasteiger charge is 2.26.